The molecule has 0 aromatic heterocycles. The summed E-state index contributed by atoms with van der Waals surface area (Å²) in [4.78, 5) is 11.9. The predicted molar refractivity (Wildman–Crippen MR) is 90.2 cm³/mol. The summed E-state index contributed by atoms with van der Waals surface area (Å²) in [6, 6.07) is 21.6. The Kier molecular flexibility index (Phi) is 3.97. The van der Waals surface area contributed by atoms with E-state index >= 15 is 0 Å². The highest BCUT2D eigenvalue weighted by atomic mass is 16.2. The molecule has 0 saturated carbocycles. The van der Waals surface area contributed by atoms with Crippen molar-refractivity contribution in [3.05, 3.63) is 83.4 Å². The molecule has 3 heteroatoms. The molecule has 0 aliphatic rings. The summed E-state index contributed by atoms with van der Waals surface area (Å²) >= 11 is 0. The van der Waals surface area contributed by atoms with Gasteiger partial charge in [0.25, 0.3) is 5.91 Å². The standard InChI is InChI=1S/C19H16N2O/c1-14-6-9-17(10-7-14)19(22)21-20-13-15-8-11-16-4-2-3-5-18(16)12-15/h2-13H,1H3,(H,21,22)/b20-13+. The molecule has 0 fully saturated rings. The number of hydrogen-bond acceptors (Lipinski definition) is 2. The van der Waals surface area contributed by atoms with Crippen LogP contribution in [0, 0.1) is 6.92 Å². The molecule has 0 unspecified atom stereocenters. The molecule has 3 nitrogen and oxygen atoms in total. The SMILES string of the molecule is Cc1ccc(C(=O)N/N=C/c2ccc3ccccc3c2)cc1. The largest absolute Gasteiger partial charge is 0.271 e. The molecule has 0 heterocycles. The van der Waals surface area contributed by atoms with E-state index in [1.54, 1.807) is 18.3 Å². The molecular formula is C19H16N2O. The molecule has 0 radical (unpaired) electrons. The van der Waals surface area contributed by atoms with Crippen LogP contribution < -0.4 is 5.43 Å². The molecule has 0 spiro atoms. The lowest BCUT2D eigenvalue weighted by molar-refractivity contribution is 0.0955. The fourth-order valence-electron chi connectivity index (χ4n) is 2.22. The van der Waals surface area contributed by atoms with E-state index in [1.165, 1.54) is 5.39 Å². The van der Waals surface area contributed by atoms with Crippen molar-refractivity contribution in [2.45, 2.75) is 6.92 Å². The van der Waals surface area contributed by atoms with Crippen LogP contribution in [-0.2, 0) is 0 Å². The molecule has 0 aliphatic carbocycles. The van der Waals surface area contributed by atoms with Crippen LogP contribution in [0.3, 0.4) is 0 Å². The molecule has 3 aromatic carbocycles. The second-order valence-corrected chi connectivity index (χ2v) is 5.17. The minimum Gasteiger partial charge on any atom is -0.267 e. The van der Waals surface area contributed by atoms with Gasteiger partial charge in [-0.05, 0) is 41.5 Å². The van der Waals surface area contributed by atoms with E-state index in [4.69, 9.17) is 0 Å². The van der Waals surface area contributed by atoms with Crippen LogP contribution in [0.15, 0.2) is 71.8 Å². The van der Waals surface area contributed by atoms with Crippen molar-refractivity contribution in [1.29, 1.82) is 0 Å². The number of aryl methyl sites for hydroxylation is 1. The number of carbonyl (C=O) groups is 1. The number of amides is 1. The lowest BCUT2D eigenvalue weighted by Gasteiger charge is -2.01. The maximum Gasteiger partial charge on any atom is 0.271 e. The summed E-state index contributed by atoms with van der Waals surface area (Å²) in [7, 11) is 0. The van der Waals surface area contributed by atoms with Gasteiger partial charge in [-0.1, -0.05) is 54.1 Å². The number of fused-ring (bicyclic) bond motifs is 1. The van der Waals surface area contributed by atoms with Crippen LogP contribution in [0.5, 0.6) is 0 Å². The summed E-state index contributed by atoms with van der Waals surface area (Å²) in [6.45, 7) is 1.99. The second-order valence-electron chi connectivity index (χ2n) is 5.17. The molecule has 3 rings (SSSR count). The van der Waals surface area contributed by atoms with Gasteiger partial charge < -0.3 is 0 Å². The van der Waals surface area contributed by atoms with Gasteiger partial charge >= 0.3 is 0 Å². The van der Waals surface area contributed by atoms with Crippen LogP contribution in [-0.4, -0.2) is 12.1 Å². The Morgan fingerprint density at radius 1 is 0.955 bits per heavy atom. The second kappa shape index (κ2) is 6.22. The van der Waals surface area contributed by atoms with Gasteiger partial charge in [-0.3, -0.25) is 4.79 Å². The van der Waals surface area contributed by atoms with Crippen molar-refractivity contribution < 1.29 is 4.79 Å². The summed E-state index contributed by atoms with van der Waals surface area (Å²) in [5.74, 6) is -0.211. The molecule has 108 valence electrons. The van der Waals surface area contributed by atoms with Crippen molar-refractivity contribution in [3.8, 4) is 0 Å². The highest BCUT2D eigenvalue weighted by Crippen LogP contribution is 2.14. The zero-order chi connectivity index (χ0) is 15.4. The Morgan fingerprint density at radius 3 is 2.45 bits per heavy atom. The quantitative estimate of drug-likeness (QED) is 0.576. The van der Waals surface area contributed by atoms with Gasteiger partial charge in [-0.25, -0.2) is 5.43 Å². The smallest absolute Gasteiger partial charge is 0.267 e. The van der Waals surface area contributed by atoms with Crippen LogP contribution in [0.2, 0.25) is 0 Å². The number of hydrogen-bond donors (Lipinski definition) is 1. The van der Waals surface area contributed by atoms with Gasteiger partial charge in [0.2, 0.25) is 0 Å². The van der Waals surface area contributed by atoms with E-state index in [1.807, 2.05) is 49.4 Å². The Labute approximate surface area is 129 Å². The van der Waals surface area contributed by atoms with E-state index in [2.05, 4.69) is 22.7 Å². The average molecular weight is 288 g/mol. The van der Waals surface area contributed by atoms with Crippen molar-refractivity contribution in [1.82, 2.24) is 5.43 Å². The van der Waals surface area contributed by atoms with Gasteiger partial charge in [-0.2, -0.15) is 5.10 Å². The van der Waals surface area contributed by atoms with Crippen LogP contribution in [0.25, 0.3) is 10.8 Å². The van der Waals surface area contributed by atoms with Crippen molar-refractivity contribution in [3.63, 3.8) is 0 Å². The fraction of sp³-hybridized carbons (Fsp3) is 0.0526. The fourth-order valence-corrected chi connectivity index (χ4v) is 2.22. The van der Waals surface area contributed by atoms with Crippen LogP contribution >= 0.6 is 0 Å². The zero-order valence-electron chi connectivity index (χ0n) is 12.3. The minimum atomic E-state index is -0.211. The molecule has 0 bridgehead atoms. The maximum atomic E-state index is 11.9. The molecule has 1 amide bonds. The monoisotopic (exact) mass is 288 g/mol. The lowest BCUT2D eigenvalue weighted by Crippen LogP contribution is -2.17. The summed E-state index contributed by atoms with van der Waals surface area (Å²) in [5, 5.41) is 6.36. The zero-order valence-corrected chi connectivity index (χ0v) is 12.3. The number of hydrazone groups is 1. The minimum absolute atomic E-state index is 0.211. The van der Waals surface area contributed by atoms with Gasteiger partial charge in [0, 0.05) is 5.56 Å². The summed E-state index contributed by atoms with van der Waals surface area (Å²) in [6.07, 6.45) is 1.65. The number of carbonyl (C=O) groups excluding carboxylic acids is 1. The normalized spacial score (nSPS) is 11.0. The first-order valence-electron chi connectivity index (χ1n) is 7.11. The summed E-state index contributed by atoms with van der Waals surface area (Å²) < 4.78 is 0. The first kappa shape index (κ1) is 14.0. The third-order valence-corrected chi connectivity index (χ3v) is 3.47. The third kappa shape index (κ3) is 3.20. The van der Waals surface area contributed by atoms with E-state index < -0.39 is 0 Å². The van der Waals surface area contributed by atoms with Gasteiger partial charge in [0.1, 0.15) is 0 Å². The van der Waals surface area contributed by atoms with Crippen molar-refractivity contribution in [2.24, 2.45) is 5.10 Å². The molecule has 22 heavy (non-hydrogen) atoms. The molecule has 3 aromatic rings. The van der Waals surface area contributed by atoms with Crippen LogP contribution in [0.4, 0.5) is 0 Å². The summed E-state index contributed by atoms with van der Waals surface area (Å²) in [5.41, 5.74) is 5.21. The van der Waals surface area contributed by atoms with Crippen molar-refractivity contribution in [2.75, 3.05) is 0 Å². The van der Waals surface area contributed by atoms with E-state index in [0.29, 0.717) is 5.56 Å². The highest BCUT2D eigenvalue weighted by Gasteiger charge is 2.02. The Hall–Kier alpha value is -2.94. The Bertz CT molecular complexity index is 835. The van der Waals surface area contributed by atoms with E-state index in [-0.39, 0.29) is 5.91 Å². The van der Waals surface area contributed by atoms with E-state index in [9.17, 15) is 4.79 Å². The first-order chi connectivity index (χ1) is 10.7. The average Bonchev–Trinajstić information content (AvgIpc) is 2.55. The number of rotatable bonds is 3. The first-order valence-corrected chi connectivity index (χ1v) is 7.11. The number of benzene rings is 3. The Morgan fingerprint density at radius 2 is 1.68 bits per heavy atom. The highest BCUT2D eigenvalue weighted by molar-refractivity contribution is 5.95. The topological polar surface area (TPSA) is 41.5 Å². The number of nitrogens with one attached hydrogen (secondary N) is 1. The van der Waals surface area contributed by atoms with Crippen LogP contribution in [0.1, 0.15) is 21.5 Å². The third-order valence-electron chi connectivity index (χ3n) is 3.47. The molecular weight excluding hydrogens is 272 g/mol. The lowest BCUT2D eigenvalue weighted by atomic mass is 10.1. The maximum absolute atomic E-state index is 11.9. The Balaban J connectivity index is 1.70. The van der Waals surface area contributed by atoms with Crippen molar-refractivity contribution >= 4 is 22.9 Å². The van der Waals surface area contributed by atoms with E-state index in [0.717, 1.165) is 16.5 Å². The molecule has 1 N–H and O–H groups in total. The number of nitrogens with zero attached hydrogens (tertiary/aromatic N) is 1. The molecule has 0 saturated heterocycles. The van der Waals surface area contributed by atoms with Gasteiger partial charge in [0.15, 0.2) is 0 Å². The predicted octanol–water partition coefficient (Wildman–Crippen LogP) is 3.91. The molecule has 0 atom stereocenters. The molecule has 0 aliphatic heterocycles. The van der Waals surface area contributed by atoms with Gasteiger partial charge in [-0.15, -0.1) is 0 Å². The van der Waals surface area contributed by atoms with Gasteiger partial charge in [0.05, 0.1) is 6.21 Å².